The monoisotopic (exact) mass is 255 g/mol. The zero-order valence-corrected chi connectivity index (χ0v) is 10.5. The SMILES string of the molecule is CCc1ccc(S(=O)(=O)NCCC(=N)N)cc1. The van der Waals surface area contributed by atoms with Gasteiger partial charge in [0.25, 0.3) is 0 Å². The number of hydrogen-bond acceptors (Lipinski definition) is 3. The summed E-state index contributed by atoms with van der Waals surface area (Å²) in [5.74, 6) is -0.0333. The van der Waals surface area contributed by atoms with E-state index in [1.54, 1.807) is 24.3 Å². The molecule has 0 saturated heterocycles. The average Bonchev–Trinajstić information content (AvgIpc) is 2.28. The van der Waals surface area contributed by atoms with E-state index in [9.17, 15) is 8.42 Å². The van der Waals surface area contributed by atoms with Gasteiger partial charge in [0.2, 0.25) is 10.0 Å². The summed E-state index contributed by atoms with van der Waals surface area (Å²) in [6, 6.07) is 6.74. The second kappa shape index (κ2) is 5.79. The molecular formula is C11H17N3O2S. The number of sulfonamides is 1. The topological polar surface area (TPSA) is 96.0 Å². The van der Waals surface area contributed by atoms with E-state index in [0.717, 1.165) is 12.0 Å². The Bertz CT molecular complexity index is 480. The number of aryl methyl sites for hydroxylation is 1. The molecule has 0 unspecified atom stereocenters. The van der Waals surface area contributed by atoms with Crippen LogP contribution in [0.1, 0.15) is 18.9 Å². The van der Waals surface area contributed by atoms with Crippen LogP contribution < -0.4 is 10.5 Å². The third-order valence-electron chi connectivity index (χ3n) is 2.33. The van der Waals surface area contributed by atoms with Gasteiger partial charge in [-0.15, -0.1) is 0 Å². The van der Waals surface area contributed by atoms with Crippen LogP contribution in [-0.2, 0) is 16.4 Å². The fourth-order valence-corrected chi connectivity index (χ4v) is 2.34. The van der Waals surface area contributed by atoms with Crippen molar-refractivity contribution in [3.05, 3.63) is 29.8 Å². The van der Waals surface area contributed by atoms with E-state index >= 15 is 0 Å². The molecule has 5 nitrogen and oxygen atoms in total. The minimum Gasteiger partial charge on any atom is -0.388 e. The zero-order chi connectivity index (χ0) is 12.9. The number of amidine groups is 1. The predicted octanol–water partition coefficient (Wildman–Crippen LogP) is 0.853. The lowest BCUT2D eigenvalue weighted by atomic mass is 10.2. The molecule has 1 aromatic rings. The molecule has 0 aliphatic heterocycles. The van der Waals surface area contributed by atoms with Crippen LogP contribution in [0.3, 0.4) is 0 Å². The van der Waals surface area contributed by atoms with Crippen molar-refractivity contribution in [1.29, 1.82) is 5.41 Å². The second-order valence-corrected chi connectivity index (χ2v) is 5.44. The predicted molar refractivity (Wildman–Crippen MR) is 67.5 cm³/mol. The highest BCUT2D eigenvalue weighted by molar-refractivity contribution is 7.89. The molecule has 0 bridgehead atoms. The van der Waals surface area contributed by atoms with E-state index < -0.39 is 10.0 Å². The number of hydrogen-bond donors (Lipinski definition) is 3. The molecule has 94 valence electrons. The third-order valence-corrected chi connectivity index (χ3v) is 3.81. The maximum atomic E-state index is 11.8. The van der Waals surface area contributed by atoms with Gasteiger partial charge in [-0.2, -0.15) is 0 Å². The fraction of sp³-hybridized carbons (Fsp3) is 0.364. The van der Waals surface area contributed by atoms with Crippen LogP contribution in [0, 0.1) is 5.41 Å². The first-order chi connectivity index (χ1) is 7.95. The Morgan fingerprint density at radius 1 is 1.35 bits per heavy atom. The van der Waals surface area contributed by atoms with Crippen molar-refractivity contribution >= 4 is 15.9 Å². The summed E-state index contributed by atoms with van der Waals surface area (Å²) in [7, 11) is -3.48. The quantitative estimate of drug-likeness (QED) is 0.519. The summed E-state index contributed by atoms with van der Waals surface area (Å²) in [6.45, 7) is 2.15. The molecule has 17 heavy (non-hydrogen) atoms. The van der Waals surface area contributed by atoms with Crippen LogP contribution in [0.2, 0.25) is 0 Å². The molecule has 0 aromatic heterocycles. The van der Waals surface area contributed by atoms with Crippen LogP contribution in [0.25, 0.3) is 0 Å². The van der Waals surface area contributed by atoms with E-state index in [-0.39, 0.29) is 23.7 Å². The first-order valence-electron chi connectivity index (χ1n) is 5.37. The molecule has 6 heteroatoms. The summed E-state index contributed by atoms with van der Waals surface area (Å²) < 4.78 is 26.0. The summed E-state index contributed by atoms with van der Waals surface area (Å²) >= 11 is 0. The first-order valence-corrected chi connectivity index (χ1v) is 6.85. The molecule has 0 saturated carbocycles. The van der Waals surface area contributed by atoms with Crippen molar-refractivity contribution in [2.75, 3.05) is 6.54 Å². The maximum Gasteiger partial charge on any atom is 0.240 e. The highest BCUT2D eigenvalue weighted by atomic mass is 32.2. The molecule has 0 radical (unpaired) electrons. The van der Waals surface area contributed by atoms with Crippen LogP contribution >= 0.6 is 0 Å². The van der Waals surface area contributed by atoms with E-state index in [2.05, 4.69) is 4.72 Å². The van der Waals surface area contributed by atoms with E-state index in [1.165, 1.54) is 0 Å². The van der Waals surface area contributed by atoms with Gasteiger partial charge in [0.15, 0.2) is 0 Å². The normalized spacial score (nSPS) is 11.4. The van der Waals surface area contributed by atoms with Gasteiger partial charge in [-0.3, -0.25) is 5.41 Å². The van der Waals surface area contributed by atoms with Crippen molar-refractivity contribution in [2.45, 2.75) is 24.7 Å². The Labute approximate surface area is 102 Å². The number of nitrogens with two attached hydrogens (primary N) is 1. The number of nitrogens with one attached hydrogen (secondary N) is 2. The largest absolute Gasteiger partial charge is 0.388 e. The Morgan fingerprint density at radius 2 is 1.94 bits per heavy atom. The lowest BCUT2D eigenvalue weighted by Crippen LogP contribution is -2.27. The van der Waals surface area contributed by atoms with Gasteiger partial charge in [0.1, 0.15) is 0 Å². The molecule has 1 aromatic carbocycles. The standard InChI is InChI=1S/C11H17N3O2S/c1-2-9-3-5-10(6-4-9)17(15,16)14-8-7-11(12)13/h3-6,14H,2,7-8H2,1H3,(H3,12,13). The van der Waals surface area contributed by atoms with Crippen molar-refractivity contribution < 1.29 is 8.42 Å². The number of benzene rings is 1. The van der Waals surface area contributed by atoms with E-state index in [1.807, 2.05) is 6.92 Å². The molecular weight excluding hydrogens is 238 g/mol. The van der Waals surface area contributed by atoms with Gasteiger partial charge in [0, 0.05) is 13.0 Å². The minimum atomic E-state index is -3.48. The van der Waals surface area contributed by atoms with E-state index in [0.29, 0.717) is 0 Å². The number of rotatable bonds is 6. The van der Waals surface area contributed by atoms with Gasteiger partial charge in [-0.25, -0.2) is 13.1 Å². The Balaban J connectivity index is 2.72. The first kappa shape index (κ1) is 13.7. The summed E-state index contributed by atoms with van der Waals surface area (Å²) in [5, 5.41) is 7.00. The molecule has 0 aliphatic carbocycles. The van der Waals surface area contributed by atoms with Crippen LogP contribution in [-0.4, -0.2) is 20.8 Å². The molecule has 0 atom stereocenters. The van der Waals surface area contributed by atoms with Crippen molar-refractivity contribution in [2.24, 2.45) is 5.73 Å². The van der Waals surface area contributed by atoms with Crippen molar-refractivity contribution in [3.8, 4) is 0 Å². The molecule has 4 N–H and O–H groups in total. The lowest BCUT2D eigenvalue weighted by molar-refractivity contribution is 0.582. The Kier molecular flexibility index (Phi) is 4.65. The average molecular weight is 255 g/mol. The molecule has 0 spiro atoms. The highest BCUT2D eigenvalue weighted by Gasteiger charge is 2.12. The summed E-state index contributed by atoms with van der Waals surface area (Å²) in [6.07, 6.45) is 1.09. The van der Waals surface area contributed by atoms with Gasteiger partial charge in [-0.1, -0.05) is 19.1 Å². The van der Waals surface area contributed by atoms with Crippen molar-refractivity contribution in [3.63, 3.8) is 0 Å². The van der Waals surface area contributed by atoms with E-state index in [4.69, 9.17) is 11.1 Å². The lowest BCUT2D eigenvalue weighted by Gasteiger charge is -2.06. The summed E-state index contributed by atoms with van der Waals surface area (Å²) in [4.78, 5) is 0.234. The molecule has 0 aliphatic rings. The van der Waals surface area contributed by atoms with Gasteiger partial charge >= 0.3 is 0 Å². The Morgan fingerprint density at radius 3 is 2.41 bits per heavy atom. The fourth-order valence-electron chi connectivity index (χ4n) is 1.31. The van der Waals surface area contributed by atoms with Crippen LogP contribution in [0.15, 0.2) is 29.2 Å². The molecule has 0 heterocycles. The van der Waals surface area contributed by atoms with Crippen LogP contribution in [0.4, 0.5) is 0 Å². The van der Waals surface area contributed by atoms with Crippen molar-refractivity contribution in [1.82, 2.24) is 4.72 Å². The highest BCUT2D eigenvalue weighted by Crippen LogP contribution is 2.10. The third kappa shape index (κ3) is 4.16. The van der Waals surface area contributed by atoms with Crippen LogP contribution in [0.5, 0.6) is 0 Å². The van der Waals surface area contributed by atoms with Gasteiger partial charge < -0.3 is 5.73 Å². The minimum absolute atomic E-state index is 0.0333. The molecule has 1 rings (SSSR count). The smallest absolute Gasteiger partial charge is 0.240 e. The summed E-state index contributed by atoms with van der Waals surface area (Å²) in [5.41, 5.74) is 6.24. The maximum absolute atomic E-state index is 11.8. The second-order valence-electron chi connectivity index (χ2n) is 3.67. The molecule has 0 fully saturated rings. The van der Waals surface area contributed by atoms with Gasteiger partial charge in [0.05, 0.1) is 10.7 Å². The van der Waals surface area contributed by atoms with Gasteiger partial charge in [-0.05, 0) is 24.1 Å². The zero-order valence-electron chi connectivity index (χ0n) is 9.73. The molecule has 0 amide bonds. The Hall–Kier alpha value is -1.40.